The lowest BCUT2D eigenvalue weighted by Crippen LogP contribution is -2.16. The number of rotatable bonds is 3. The Labute approximate surface area is 109 Å². The summed E-state index contributed by atoms with van der Waals surface area (Å²) in [4.78, 5) is 12.0. The Morgan fingerprint density at radius 2 is 2.28 bits per heavy atom. The zero-order valence-corrected chi connectivity index (χ0v) is 11.1. The average molecular weight is 244 g/mol. The van der Waals surface area contributed by atoms with Gasteiger partial charge in [0.1, 0.15) is 5.75 Å². The molecule has 0 amide bonds. The molecule has 1 aliphatic carbocycles. The van der Waals surface area contributed by atoms with E-state index in [1.165, 1.54) is 0 Å². The Morgan fingerprint density at radius 3 is 2.94 bits per heavy atom. The lowest BCUT2D eigenvalue weighted by Gasteiger charge is -2.21. The first kappa shape index (κ1) is 12.9. The average Bonchev–Trinajstić information content (AvgIpc) is 2.41. The van der Waals surface area contributed by atoms with Crippen molar-refractivity contribution in [2.24, 2.45) is 5.92 Å². The summed E-state index contributed by atoms with van der Waals surface area (Å²) in [7, 11) is 1.66. The van der Waals surface area contributed by atoms with Crippen LogP contribution in [0.2, 0.25) is 0 Å². The van der Waals surface area contributed by atoms with E-state index in [4.69, 9.17) is 4.74 Å². The molecule has 0 heterocycles. The summed E-state index contributed by atoms with van der Waals surface area (Å²) in [6.07, 6.45) is 5.88. The summed E-state index contributed by atoms with van der Waals surface area (Å²) >= 11 is 0. The van der Waals surface area contributed by atoms with E-state index in [1.807, 2.05) is 30.3 Å². The van der Waals surface area contributed by atoms with Crippen molar-refractivity contribution < 1.29 is 9.53 Å². The number of allylic oxidation sites excluding steroid dienone is 1. The van der Waals surface area contributed by atoms with Crippen LogP contribution in [0.1, 0.15) is 38.2 Å². The molecule has 0 N–H and O–H groups in total. The topological polar surface area (TPSA) is 26.3 Å². The van der Waals surface area contributed by atoms with Crippen LogP contribution in [-0.2, 0) is 4.79 Å². The number of hydrogen-bond donors (Lipinski definition) is 0. The van der Waals surface area contributed by atoms with Crippen LogP contribution < -0.4 is 4.74 Å². The summed E-state index contributed by atoms with van der Waals surface area (Å²) in [6, 6.07) is 7.84. The molecule has 1 fully saturated rings. The molecule has 1 saturated carbocycles. The molecular weight excluding hydrogens is 224 g/mol. The fraction of sp³-hybridized carbons (Fsp3) is 0.438. The SMILES string of the molecule is CCC1CC/C(=C/c2cccc(OC)c2)C(=O)C1. The monoisotopic (exact) mass is 244 g/mol. The molecule has 0 radical (unpaired) electrons. The number of Topliss-reactive ketones (excluding diaryl/α,β-unsaturated/α-hetero) is 1. The second kappa shape index (κ2) is 5.85. The largest absolute Gasteiger partial charge is 0.497 e. The van der Waals surface area contributed by atoms with E-state index in [-0.39, 0.29) is 0 Å². The first-order chi connectivity index (χ1) is 8.72. The molecule has 0 aliphatic heterocycles. The minimum Gasteiger partial charge on any atom is -0.497 e. The summed E-state index contributed by atoms with van der Waals surface area (Å²) in [5.41, 5.74) is 2.01. The number of carbonyl (C=O) groups is 1. The molecule has 1 aromatic rings. The Morgan fingerprint density at radius 1 is 1.44 bits per heavy atom. The van der Waals surface area contributed by atoms with E-state index >= 15 is 0 Å². The van der Waals surface area contributed by atoms with Crippen LogP contribution >= 0.6 is 0 Å². The predicted octanol–water partition coefficient (Wildman–Crippen LogP) is 3.86. The van der Waals surface area contributed by atoms with Crippen LogP contribution in [0.3, 0.4) is 0 Å². The third-order valence-electron chi connectivity index (χ3n) is 3.67. The van der Waals surface area contributed by atoms with Crippen molar-refractivity contribution >= 4 is 11.9 Å². The second-order valence-corrected chi connectivity index (χ2v) is 4.89. The van der Waals surface area contributed by atoms with E-state index in [0.29, 0.717) is 18.1 Å². The first-order valence-corrected chi connectivity index (χ1v) is 6.60. The Balaban J connectivity index is 2.15. The van der Waals surface area contributed by atoms with E-state index < -0.39 is 0 Å². The number of carbonyl (C=O) groups excluding carboxylic acids is 1. The van der Waals surface area contributed by atoms with E-state index in [9.17, 15) is 4.79 Å². The standard InChI is InChI=1S/C16H20O2/c1-3-12-7-8-14(16(17)11-12)9-13-5-4-6-15(10-13)18-2/h4-6,9-10,12H,3,7-8,11H2,1-2H3/b14-9-. The van der Waals surface area contributed by atoms with Gasteiger partial charge in [-0.3, -0.25) is 4.79 Å². The molecule has 0 aromatic heterocycles. The van der Waals surface area contributed by atoms with Gasteiger partial charge in [-0.1, -0.05) is 25.5 Å². The van der Waals surface area contributed by atoms with Crippen LogP contribution in [0.5, 0.6) is 5.75 Å². The summed E-state index contributed by atoms with van der Waals surface area (Å²) < 4.78 is 5.19. The molecule has 2 heteroatoms. The van der Waals surface area contributed by atoms with Crippen LogP contribution in [0.15, 0.2) is 29.8 Å². The second-order valence-electron chi connectivity index (χ2n) is 4.89. The van der Waals surface area contributed by atoms with Crippen LogP contribution in [0.25, 0.3) is 6.08 Å². The van der Waals surface area contributed by atoms with Gasteiger partial charge in [-0.2, -0.15) is 0 Å². The maximum absolute atomic E-state index is 12.0. The number of hydrogen-bond acceptors (Lipinski definition) is 2. The zero-order valence-electron chi connectivity index (χ0n) is 11.1. The van der Waals surface area contributed by atoms with Gasteiger partial charge in [0, 0.05) is 6.42 Å². The fourth-order valence-electron chi connectivity index (χ4n) is 2.43. The molecule has 0 spiro atoms. The number of ether oxygens (including phenoxy) is 1. The summed E-state index contributed by atoms with van der Waals surface area (Å²) in [5.74, 6) is 1.73. The normalized spacial score (nSPS) is 22.2. The van der Waals surface area contributed by atoms with Crippen molar-refractivity contribution in [3.8, 4) is 5.75 Å². The molecule has 2 nitrogen and oxygen atoms in total. The molecular formula is C16H20O2. The fourth-order valence-corrected chi connectivity index (χ4v) is 2.43. The summed E-state index contributed by atoms with van der Waals surface area (Å²) in [6.45, 7) is 2.16. The molecule has 1 aliphatic rings. The maximum atomic E-state index is 12.0. The van der Waals surface area contributed by atoms with Crippen molar-refractivity contribution in [3.05, 3.63) is 35.4 Å². The van der Waals surface area contributed by atoms with Crippen molar-refractivity contribution in [2.45, 2.75) is 32.6 Å². The van der Waals surface area contributed by atoms with Crippen molar-refractivity contribution in [1.29, 1.82) is 0 Å². The molecule has 1 unspecified atom stereocenters. The molecule has 96 valence electrons. The van der Waals surface area contributed by atoms with Gasteiger partial charge in [0.05, 0.1) is 7.11 Å². The van der Waals surface area contributed by atoms with Gasteiger partial charge in [0.15, 0.2) is 5.78 Å². The number of ketones is 1. The first-order valence-electron chi connectivity index (χ1n) is 6.60. The third kappa shape index (κ3) is 3.00. The van der Waals surface area contributed by atoms with Gasteiger partial charge >= 0.3 is 0 Å². The maximum Gasteiger partial charge on any atom is 0.159 e. The van der Waals surface area contributed by atoms with Crippen LogP contribution in [-0.4, -0.2) is 12.9 Å². The lowest BCUT2D eigenvalue weighted by molar-refractivity contribution is -0.117. The molecule has 0 saturated heterocycles. The Hall–Kier alpha value is -1.57. The van der Waals surface area contributed by atoms with Gasteiger partial charge in [-0.15, -0.1) is 0 Å². The molecule has 18 heavy (non-hydrogen) atoms. The zero-order chi connectivity index (χ0) is 13.0. The highest BCUT2D eigenvalue weighted by Crippen LogP contribution is 2.29. The van der Waals surface area contributed by atoms with Gasteiger partial charge in [-0.25, -0.2) is 0 Å². The Bertz CT molecular complexity index is 460. The Kier molecular flexibility index (Phi) is 4.19. The van der Waals surface area contributed by atoms with E-state index in [2.05, 4.69) is 6.92 Å². The van der Waals surface area contributed by atoms with Crippen molar-refractivity contribution in [2.75, 3.05) is 7.11 Å². The van der Waals surface area contributed by atoms with E-state index in [0.717, 1.165) is 36.1 Å². The minimum atomic E-state index is 0.316. The van der Waals surface area contributed by atoms with Crippen molar-refractivity contribution in [1.82, 2.24) is 0 Å². The van der Waals surface area contributed by atoms with Gasteiger partial charge in [0.25, 0.3) is 0 Å². The smallest absolute Gasteiger partial charge is 0.159 e. The summed E-state index contributed by atoms with van der Waals surface area (Å²) in [5, 5.41) is 0. The van der Waals surface area contributed by atoms with Crippen LogP contribution in [0, 0.1) is 5.92 Å². The highest BCUT2D eigenvalue weighted by Gasteiger charge is 2.22. The lowest BCUT2D eigenvalue weighted by atomic mass is 9.83. The predicted molar refractivity (Wildman–Crippen MR) is 73.6 cm³/mol. The molecule has 2 rings (SSSR count). The minimum absolute atomic E-state index is 0.316. The molecule has 1 atom stereocenters. The van der Waals surface area contributed by atoms with Crippen LogP contribution in [0.4, 0.5) is 0 Å². The van der Waals surface area contributed by atoms with Gasteiger partial charge < -0.3 is 4.74 Å². The highest BCUT2D eigenvalue weighted by molar-refractivity contribution is 6.00. The van der Waals surface area contributed by atoms with E-state index in [1.54, 1.807) is 7.11 Å². The number of benzene rings is 1. The van der Waals surface area contributed by atoms with Gasteiger partial charge in [-0.05, 0) is 48.1 Å². The molecule has 1 aromatic carbocycles. The molecule has 0 bridgehead atoms. The van der Waals surface area contributed by atoms with Gasteiger partial charge in [0.2, 0.25) is 0 Å². The van der Waals surface area contributed by atoms with Crippen molar-refractivity contribution in [3.63, 3.8) is 0 Å². The number of methoxy groups -OCH3 is 1. The highest BCUT2D eigenvalue weighted by atomic mass is 16.5. The third-order valence-corrected chi connectivity index (χ3v) is 3.67. The quantitative estimate of drug-likeness (QED) is 0.755.